The van der Waals surface area contributed by atoms with E-state index in [1.807, 2.05) is 13.8 Å². The van der Waals surface area contributed by atoms with Crippen molar-refractivity contribution in [2.75, 3.05) is 0 Å². The molecule has 0 bridgehead atoms. The van der Waals surface area contributed by atoms with Gasteiger partial charge in [0.05, 0.1) is 0 Å². The fourth-order valence-electron chi connectivity index (χ4n) is 1.72. The maximum absolute atomic E-state index is 11.2. The van der Waals surface area contributed by atoms with Crippen molar-refractivity contribution in [3.63, 3.8) is 0 Å². The van der Waals surface area contributed by atoms with Crippen molar-refractivity contribution in [3.8, 4) is 0 Å². The summed E-state index contributed by atoms with van der Waals surface area (Å²) in [6.07, 6.45) is 1.86. The molecule has 1 saturated carbocycles. The Morgan fingerprint density at radius 2 is 2.27 bits per heavy atom. The highest BCUT2D eigenvalue weighted by atomic mass is 35.7. The average Bonchev–Trinajstić information content (AvgIpc) is 2.09. The van der Waals surface area contributed by atoms with Crippen LogP contribution in [0.4, 0.5) is 4.79 Å². The van der Waals surface area contributed by atoms with E-state index in [1.165, 1.54) is 0 Å². The van der Waals surface area contributed by atoms with E-state index >= 15 is 0 Å². The second-order valence-corrected chi connectivity index (χ2v) is 6.16. The number of carbonyl (C=O) groups is 1. The van der Waals surface area contributed by atoms with Crippen LogP contribution in [0, 0.1) is 5.41 Å². The molecule has 88 valence electrons. The maximum Gasteiger partial charge on any atom is 0.327 e. The van der Waals surface area contributed by atoms with E-state index in [-0.39, 0.29) is 16.8 Å². The molecule has 4 nitrogen and oxygen atoms in total. The van der Waals surface area contributed by atoms with Crippen LogP contribution in [0.5, 0.6) is 0 Å². The van der Waals surface area contributed by atoms with Gasteiger partial charge in [0.1, 0.15) is 0 Å². The number of alkyl halides is 1. The first-order chi connectivity index (χ1) is 6.86. The molecule has 0 aromatic carbocycles. The van der Waals surface area contributed by atoms with Crippen LogP contribution in [0.1, 0.15) is 26.7 Å². The van der Waals surface area contributed by atoms with Gasteiger partial charge in [-0.15, -0.1) is 11.6 Å². The van der Waals surface area contributed by atoms with Gasteiger partial charge in [-0.2, -0.15) is 0 Å². The zero-order chi connectivity index (χ0) is 11.6. The predicted octanol–water partition coefficient (Wildman–Crippen LogP) is 1.90. The molecule has 0 saturated heterocycles. The van der Waals surface area contributed by atoms with Crippen LogP contribution in [0.25, 0.3) is 0 Å². The summed E-state index contributed by atoms with van der Waals surface area (Å²) in [6, 6.07) is -0.498. The highest BCUT2D eigenvalue weighted by Gasteiger charge is 2.46. The number of urea groups is 1. The van der Waals surface area contributed by atoms with Gasteiger partial charge in [0.15, 0.2) is 0 Å². The number of nitrogens with one attached hydrogen (secondary N) is 2. The minimum absolute atomic E-state index is 0.0157. The number of hydrogen-bond acceptors (Lipinski definition) is 2. The quantitative estimate of drug-likeness (QED) is 0.609. The summed E-state index contributed by atoms with van der Waals surface area (Å²) in [6.45, 7) is 3.93. The van der Waals surface area contributed by atoms with Gasteiger partial charge in [-0.05, 0) is 19.8 Å². The van der Waals surface area contributed by atoms with Crippen molar-refractivity contribution >= 4 is 38.5 Å². The van der Waals surface area contributed by atoms with Gasteiger partial charge < -0.3 is 5.32 Å². The van der Waals surface area contributed by atoms with Crippen LogP contribution < -0.4 is 10.0 Å². The van der Waals surface area contributed by atoms with E-state index in [0.717, 1.165) is 12.8 Å². The molecule has 0 aliphatic heterocycles. The average molecular weight is 273 g/mol. The first-order valence-electron chi connectivity index (χ1n) is 4.65. The molecule has 0 heterocycles. The number of rotatable bonds is 3. The third kappa shape index (κ3) is 2.98. The Kier molecular flexibility index (Phi) is 4.26. The van der Waals surface area contributed by atoms with E-state index in [2.05, 4.69) is 10.0 Å². The summed E-state index contributed by atoms with van der Waals surface area (Å²) in [5, 5.41) is 2.69. The fraction of sp³-hybridized carbons (Fsp3) is 0.875. The van der Waals surface area contributed by atoms with Crippen molar-refractivity contribution in [1.29, 1.82) is 0 Å². The molecular formula is C8H14Cl2N2O2S. The molecule has 15 heavy (non-hydrogen) atoms. The van der Waals surface area contributed by atoms with Crippen molar-refractivity contribution in [1.82, 2.24) is 10.0 Å². The van der Waals surface area contributed by atoms with Crippen LogP contribution >= 0.6 is 22.3 Å². The smallest absolute Gasteiger partial charge is 0.327 e. The van der Waals surface area contributed by atoms with E-state index in [1.54, 1.807) is 0 Å². The summed E-state index contributed by atoms with van der Waals surface area (Å²) in [5.41, 5.74) is -0.0906. The van der Waals surface area contributed by atoms with Gasteiger partial charge in [-0.3, -0.25) is 0 Å². The number of halogens is 2. The molecule has 1 aliphatic rings. The highest BCUT2D eigenvalue weighted by Crippen LogP contribution is 2.45. The first kappa shape index (κ1) is 13.1. The summed E-state index contributed by atoms with van der Waals surface area (Å²) < 4.78 is 12.6. The lowest BCUT2D eigenvalue weighted by atomic mass is 9.64. The summed E-state index contributed by atoms with van der Waals surface area (Å²) in [7, 11) is 3.28. The van der Waals surface area contributed by atoms with Gasteiger partial charge in [-0.1, -0.05) is 6.92 Å². The minimum atomic E-state index is -1.85. The fourth-order valence-corrected chi connectivity index (χ4v) is 2.39. The largest absolute Gasteiger partial charge is 0.334 e. The minimum Gasteiger partial charge on any atom is -0.334 e. The Morgan fingerprint density at radius 3 is 2.60 bits per heavy atom. The van der Waals surface area contributed by atoms with Crippen LogP contribution in [-0.4, -0.2) is 21.7 Å². The molecule has 2 unspecified atom stereocenters. The number of amides is 2. The zero-order valence-corrected chi connectivity index (χ0v) is 10.9. The Labute approximate surface area is 101 Å². The van der Waals surface area contributed by atoms with Crippen molar-refractivity contribution < 1.29 is 9.00 Å². The topological polar surface area (TPSA) is 58.2 Å². The molecule has 2 amide bonds. The molecule has 1 rings (SSSR count). The Bertz CT molecular complexity index is 288. The van der Waals surface area contributed by atoms with Gasteiger partial charge in [0.2, 0.25) is 10.2 Å². The molecule has 0 spiro atoms. The van der Waals surface area contributed by atoms with Gasteiger partial charge in [0.25, 0.3) is 0 Å². The molecule has 7 heteroatoms. The molecular weight excluding hydrogens is 259 g/mol. The Morgan fingerprint density at radius 1 is 1.67 bits per heavy atom. The summed E-state index contributed by atoms with van der Waals surface area (Å²) in [4.78, 5) is 11.2. The molecule has 0 radical (unpaired) electrons. The summed E-state index contributed by atoms with van der Waals surface area (Å²) in [5.74, 6) is 0. The second-order valence-electron chi connectivity index (χ2n) is 4.01. The van der Waals surface area contributed by atoms with Crippen LogP contribution in [0.15, 0.2) is 0 Å². The SMILES string of the molecule is C[C@@H](Cl)[C@]1(C)CCC1NC(=O)NS(=O)Cl. The lowest BCUT2D eigenvalue weighted by Gasteiger charge is -2.49. The number of carbonyl (C=O) groups excluding carboxylic acids is 1. The van der Waals surface area contributed by atoms with E-state index in [4.69, 9.17) is 22.3 Å². The molecule has 1 fully saturated rings. The molecule has 0 aromatic rings. The van der Waals surface area contributed by atoms with Crippen molar-refractivity contribution in [2.24, 2.45) is 5.41 Å². The lowest BCUT2D eigenvalue weighted by Crippen LogP contribution is -2.58. The summed E-state index contributed by atoms with van der Waals surface area (Å²) >= 11 is 6.05. The van der Waals surface area contributed by atoms with E-state index in [0.29, 0.717) is 0 Å². The highest BCUT2D eigenvalue weighted by molar-refractivity contribution is 8.07. The third-order valence-electron chi connectivity index (χ3n) is 3.15. The maximum atomic E-state index is 11.2. The Balaban J connectivity index is 2.47. The van der Waals surface area contributed by atoms with Crippen molar-refractivity contribution in [3.05, 3.63) is 0 Å². The second kappa shape index (κ2) is 4.89. The molecule has 0 aromatic heterocycles. The van der Waals surface area contributed by atoms with Gasteiger partial charge >= 0.3 is 6.03 Å². The molecule has 2 N–H and O–H groups in total. The predicted molar refractivity (Wildman–Crippen MR) is 62.1 cm³/mol. The molecule has 4 atom stereocenters. The standard InChI is InChI=1S/C8H14Cl2N2O2S/c1-5(9)8(2)4-3-6(8)11-7(13)12-15(10)14/h5-6H,3-4H2,1-2H3,(H2,11,12,13)/t5-,6?,8+,15?/m1/s1. The van der Waals surface area contributed by atoms with E-state index in [9.17, 15) is 9.00 Å². The lowest BCUT2D eigenvalue weighted by molar-refractivity contribution is 0.0931. The van der Waals surface area contributed by atoms with Crippen LogP contribution in [-0.2, 0) is 10.2 Å². The zero-order valence-electron chi connectivity index (χ0n) is 8.55. The van der Waals surface area contributed by atoms with Crippen LogP contribution in [0.3, 0.4) is 0 Å². The number of hydrogen-bond donors (Lipinski definition) is 2. The molecule has 1 aliphatic carbocycles. The Hall–Kier alpha value is -0.000000000000000111. The normalized spacial score (nSPS) is 33.7. The van der Waals surface area contributed by atoms with Crippen LogP contribution in [0.2, 0.25) is 0 Å². The first-order valence-corrected chi connectivity index (χ1v) is 7.07. The monoisotopic (exact) mass is 272 g/mol. The van der Waals surface area contributed by atoms with Crippen molar-refractivity contribution in [2.45, 2.75) is 38.1 Å². The van der Waals surface area contributed by atoms with Gasteiger partial charge in [-0.25, -0.2) is 13.7 Å². The van der Waals surface area contributed by atoms with E-state index < -0.39 is 16.2 Å². The third-order valence-corrected chi connectivity index (χ3v) is 4.23. The van der Waals surface area contributed by atoms with Gasteiger partial charge in [0, 0.05) is 27.5 Å².